The van der Waals surface area contributed by atoms with Crippen molar-refractivity contribution in [2.24, 2.45) is 0 Å². The molecule has 0 radical (unpaired) electrons. The minimum absolute atomic E-state index is 0.401. The zero-order valence-electron chi connectivity index (χ0n) is 9.14. The quantitative estimate of drug-likeness (QED) is 0.847. The lowest BCUT2D eigenvalue weighted by Crippen LogP contribution is -2.07. The van der Waals surface area contributed by atoms with E-state index in [1.165, 1.54) is 18.4 Å². The van der Waals surface area contributed by atoms with Gasteiger partial charge in [-0.15, -0.1) is 0 Å². The number of carboxylic acid groups (broad SMARTS) is 1. The second-order valence-electron chi connectivity index (χ2n) is 3.32. The average molecular weight is 230 g/mol. The van der Waals surface area contributed by atoms with Crippen LogP contribution in [0.2, 0.25) is 0 Å². The van der Waals surface area contributed by atoms with Crippen LogP contribution in [0, 0.1) is 0 Å². The molecule has 0 aromatic carbocycles. The highest BCUT2D eigenvalue weighted by Crippen LogP contribution is 2.36. The molecule has 0 aliphatic rings. The molecule has 1 heterocycles. The van der Waals surface area contributed by atoms with E-state index in [2.05, 4.69) is 4.98 Å². The average Bonchev–Trinajstić information content (AvgIpc) is 2.59. The third-order valence-electron chi connectivity index (χ3n) is 1.95. The largest absolute Gasteiger partial charge is 0.481 e. The molecule has 0 aliphatic carbocycles. The molecule has 15 heavy (non-hydrogen) atoms. The van der Waals surface area contributed by atoms with Crippen LogP contribution in [0.4, 0.5) is 5.13 Å². The number of thiazole rings is 1. The third-order valence-corrected chi connectivity index (χ3v) is 3.34. The lowest BCUT2D eigenvalue weighted by molar-refractivity contribution is -0.138. The van der Waals surface area contributed by atoms with Gasteiger partial charge >= 0.3 is 5.97 Å². The molecule has 0 aliphatic heterocycles. The van der Waals surface area contributed by atoms with Crippen molar-refractivity contribution in [2.45, 2.75) is 12.8 Å². The number of carboxylic acids is 1. The lowest BCUT2D eigenvalue weighted by atomic mass is 10.1. The van der Waals surface area contributed by atoms with Gasteiger partial charge in [-0.3, -0.25) is 4.79 Å². The molecule has 1 unspecified atom stereocenters. The Bertz CT molecular complexity index is 362. The monoisotopic (exact) mass is 230 g/mol. The number of aromatic nitrogens is 1. The van der Waals surface area contributed by atoms with Crippen LogP contribution < -0.4 is 9.64 Å². The topological polar surface area (TPSA) is 62.7 Å². The molecule has 0 bridgehead atoms. The van der Waals surface area contributed by atoms with E-state index in [0.29, 0.717) is 10.8 Å². The Labute approximate surface area is 92.3 Å². The molecule has 0 fully saturated rings. The zero-order valence-corrected chi connectivity index (χ0v) is 9.96. The fourth-order valence-corrected chi connectivity index (χ4v) is 2.03. The molecular formula is C9H14N2O3S. The van der Waals surface area contributed by atoms with Crippen LogP contribution >= 0.6 is 11.3 Å². The van der Waals surface area contributed by atoms with Gasteiger partial charge in [-0.1, -0.05) is 11.3 Å². The number of aliphatic carboxylic acids is 1. The summed E-state index contributed by atoms with van der Waals surface area (Å²) in [6.45, 7) is 1.62. The summed E-state index contributed by atoms with van der Waals surface area (Å²) in [4.78, 5) is 17.5. The Balaban J connectivity index is 3.10. The van der Waals surface area contributed by atoms with Crippen molar-refractivity contribution in [1.82, 2.24) is 4.98 Å². The molecule has 84 valence electrons. The van der Waals surface area contributed by atoms with E-state index in [0.717, 1.165) is 5.13 Å². The normalized spacial score (nSPS) is 12.3. The number of ether oxygens (including phenoxy) is 1. The number of rotatable bonds is 4. The van der Waals surface area contributed by atoms with Gasteiger partial charge in [0.25, 0.3) is 0 Å². The lowest BCUT2D eigenvalue weighted by Gasteiger charge is -2.05. The zero-order chi connectivity index (χ0) is 11.6. The number of hydrogen-bond acceptors (Lipinski definition) is 5. The van der Waals surface area contributed by atoms with Crippen LogP contribution in [0.3, 0.4) is 0 Å². The van der Waals surface area contributed by atoms with Crippen LogP contribution in [-0.2, 0) is 4.79 Å². The van der Waals surface area contributed by atoms with E-state index in [4.69, 9.17) is 9.84 Å². The molecule has 1 N–H and O–H groups in total. The number of methoxy groups -OCH3 is 1. The smallest absolute Gasteiger partial charge is 0.311 e. The van der Waals surface area contributed by atoms with Crippen LogP contribution in [0.15, 0.2) is 0 Å². The highest BCUT2D eigenvalue weighted by atomic mass is 32.1. The van der Waals surface area contributed by atoms with Crippen molar-refractivity contribution in [1.29, 1.82) is 0 Å². The first-order valence-corrected chi connectivity index (χ1v) is 5.23. The molecule has 6 heteroatoms. The van der Waals surface area contributed by atoms with Gasteiger partial charge < -0.3 is 14.7 Å². The van der Waals surface area contributed by atoms with Crippen molar-refractivity contribution >= 4 is 22.4 Å². The Kier molecular flexibility index (Phi) is 3.52. The van der Waals surface area contributed by atoms with Gasteiger partial charge in [-0.05, 0) is 6.92 Å². The highest BCUT2D eigenvalue weighted by Gasteiger charge is 2.23. The standard InChI is InChI=1S/C9H14N2O3S/c1-5(8(12)13)6-7(14-4)10-9(15-6)11(2)3/h5H,1-4H3,(H,12,13). The van der Waals surface area contributed by atoms with Gasteiger partial charge in [0.05, 0.1) is 17.9 Å². The summed E-state index contributed by atoms with van der Waals surface area (Å²) in [7, 11) is 5.20. The van der Waals surface area contributed by atoms with Gasteiger partial charge in [0.1, 0.15) is 0 Å². The van der Waals surface area contributed by atoms with Crippen LogP contribution in [-0.4, -0.2) is 37.3 Å². The Morgan fingerprint density at radius 3 is 2.60 bits per heavy atom. The van der Waals surface area contributed by atoms with Gasteiger partial charge in [0, 0.05) is 14.1 Å². The summed E-state index contributed by atoms with van der Waals surface area (Å²) in [5.41, 5.74) is 0. The van der Waals surface area contributed by atoms with Crippen molar-refractivity contribution in [3.63, 3.8) is 0 Å². The Morgan fingerprint density at radius 2 is 2.20 bits per heavy atom. The van der Waals surface area contributed by atoms with Crippen molar-refractivity contribution in [2.75, 3.05) is 26.1 Å². The fourth-order valence-electron chi connectivity index (χ4n) is 1.03. The SMILES string of the molecule is COc1nc(N(C)C)sc1C(C)C(=O)O. The maximum absolute atomic E-state index is 10.9. The molecule has 0 saturated heterocycles. The minimum Gasteiger partial charge on any atom is -0.481 e. The van der Waals surface area contributed by atoms with Gasteiger partial charge in [0.2, 0.25) is 5.88 Å². The van der Waals surface area contributed by atoms with Crippen LogP contribution in [0.5, 0.6) is 5.88 Å². The molecule has 0 amide bonds. The van der Waals surface area contributed by atoms with E-state index in [1.54, 1.807) is 6.92 Å². The molecule has 1 rings (SSSR count). The van der Waals surface area contributed by atoms with E-state index in [1.807, 2.05) is 19.0 Å². The summed E-state index contributed by atoms with van der Waals surface area (Å²) in [5.74, 6) is -1.06. The summed E-state index contributed by atoms with van der Waals surface area (Å²) >= 11 is 1.34. The summed E-state index contributed by atoms with van der Waals surface area (Å²) in [5, 5.41) is 9.66. The second kappa shape index (κ2) is 4.48. The molecule has 1 aromatic heterocycles. The molecule has 1 atom stereocenters. The van der Waals surface area contributed by atoms with Crippen LogP contribution in [0.25, 0.3) is 0 Å². The maximum Gasteiger partial charge on any atom is 0.311 e. The van der Waals surface area contributed by atoms with Crippen molar-refractivity contribution < 1.29 is 14.6 Å². The first-order chi connectivity index (χ1) is 6.97. The first-order valence-electron chi connectivity index (χ1n) is 4.42. The molecule has 0 saturated carbocycles. The maximum atomic E-state index is 10.9. The number of nitrogens with zero attached hydrogens (tertiary/aromatic N) is 2. The number of carbonyl (C=O) groups is 1. The predicted octanol–water partition coefficient (Wildman–Crippen LogP) is 1.41. The Hall–Kier alpha value is -1.30. The molecule has 5 nitrogen and oxygen atoms in total. The van der Waals surface area contributed by atoms with Crippen LogP contribution in [0.1, 0.15) is 17.7 Å². The highest BCUT2D eigenvalue weighted by molar-refractivity contribution is 7.16. The molecule has 1 aromatic rings. The van der Waals surface area contributed by atoms with E-state index in [-0.39, 0.29) is 0 Å². The minimum atomic E-state index is -0.873. The summed E-state index contributed by atoms with van der Waals surface area (Å²) < 4.78 is 5.06. The van der Waals surface area contributed by atoms with Crippen molar-refractivity contribution in [3.05, 3.63) is 4.88 Å². The van der Waals surface area contributed by atoms with E-state index in [9.17, 15) is 4.79 Å². The van der Waals surface area contributed by atoms with E-state index >= 15 is 0 Å². The van der Waals surface area contributed by atoms with Gasteiger partial charge in [-0.25, -0.2) is 0 Å². The van der Waals surface area contributed by atoms with Gasteiger partial charge in [0.15, 0.2) is 5.13 Å². The molecule has 0 spiro atoms. The van der Waals surface area contributed by atoms with Crippen molar-refractivity contribution in [3.8, 4) is 5.88 Å². The predicted molar refractivity (Wildman–Crippen MR) is 59.0 cm³/mol. The van der Waals surface area contributed by atoms with E-state index < -0.39 is 11.9 Å². The second-order valence-corrected chi connectivity index (χ2v) is 4.33. The molecular weight excluding hydrogens is 216 g/mol. The number of anilines is 1. The summed E-state index contributed by atoms with van der Waals surface area (Å²) in [6, 6.07) is 0. The van der Waals surface area contributed by atoms with Gasteiger partial charge in [-0.2, -0.15) is 4.98 Å². The Morgan fingerprint density at radius 1 is 1.60 bits per heavy atom. The fraction of sp³-hybridized carbons (Fsp3) is 0.556. The third kappa shape index (κ3) is 2.38. The first kappa shape index (κ1) is 11.8. The summed E-state index contributed by atoms with van der Waals surface area (Å²) in [6.07, 6.45) is 0. The number of hydrogen-bond donors (Lipinski definition) is 1.